The van der Waals surface area contributed by atoms with Gasteiger partial charge in [0.2, 0.25) is 0 Å². The molecule has 17 heavy (non-hydrogen) atoms. The molecule has 1 rings (SSSR count). The third-order valence-corrected chi connectivity index (χ3v) is 3.64. The van der Waals surface area contributed by atoms with Gasteiger partial charge >= 0.3 is 0 Å². The summed E-state index contributed by atoms with van der Waals surface area (Å²) in [4.78, 5) is 2.57. The molecule has 0 bridgehead atoms. The van der Waals surface area contributed by atoms with Crippen molar-refractivity contribution in [3.05, 3.63) is 11.6 Å². The first kappa shape index (κ1) is 14.7. The Kier molecular flexibility index (Phi) is 5.68. The maximum absolute atomic E-state index is 5.75. The summed E-state index contributed by atoms with van der Waals surface area (Å²) in [5.41, 5.74) is 7.75. The molecule has 0 aromatic heterocycles. The average molecular weight is 238 g/mol. The van der Waals surface area contributed by atoms with Crippen molar-refractivity contribution in [2.45, 2.75) is 59.4 Å². The minimum Gasteiger partial charge on any atom is -0.328 e. The van der Waals surface area contributed by atoms with E-state index in [-0.39, 0.29) is 0 Å². The van der Waals surface area contributed by atoms with Gasteiger partial charge in [0, 0.05) is 19.1 Å². The van der Waals surface area contributed by atoms with Crippen LogP contribution < -0.4 is 5.73 Å². The van der Waals surface area contributed by atoms with Gasteiger partial charge in [-0.3, -0.25) is 4.90 Å². The third-order valence-electron chi connectivity index (χ3n) is 3.64. The van der Waals surface area contributed by atoms with Crippen LogP contribution in [0.2, 0.25) is 0 Å². The Balaban J connectivity index is 2.21. The van der Waals surface area contributed by atoms with Crippen molar-refractivity contribution < 1.29 is 0 Å². The molecule has 0 saturated heterocycles. The zero-order chi connectivity index (χ0) is 12.9. The van der Waals surface area contributed by atoms with Crippen molar-refractivity contribution in [2.75, 3.05) is 19.6 Å². The summed E-state index contributed by atoms with van der Waals surface area (Å²) in [6, 6.07) is 0.365. The fraction of sp³-hybridized carbons (Fsp3) is 0.867. The Hall–Kier alpha value is -0.340. The second-order valence-corrected chi connectivity index (χ2v) is 6.50. The fourth-order valence-electron chi connectivity index (χ4n) is 2.40. The molecule has 1 aliphatic heterocycles. The highest BCUT2D eigenvalue weighted by Gasteiger charge is 2.20. The molecule has 1 unspecified atom stereocenters. The molecule has 0 aromatic carbocycles. The van der Waals surface area contributed by atoms with Crippen LogP contribution in [0.3, 0.4) is 0 Å². The second kappa shape index (κ2) is 6.55. The smallest absolute Gasteiger partial charge is 0.0166 e. The lowest BCUT2D eigenvalue weighted by atomic mass is 9.83. The molecule has 2 N–H and O–H groups in total. The lowest BCUT2D eigenvalue weighted by Crippen LogP contribution is -2.32. The molecular weight excluding hydrogens is 208 g/mol. The Morgan fingerprint density at radius 3 is 2.53 bits per heavy atom. The number of hydrogen-bond acceptors (Lipinski definition) is 2. The first-order chi connectivity index (χ1) is 7.89. The van der Waals surface area contributed by atoms with E-state index >= 15 is 0 Å². The van der Waals surface area contributed by atoms with Crippen LogP contribution in [0.1, 0.15) is 53.4 Å². The van der Waals surface area contributed by atoms with Crippen LogP contribution in [0.5, 0.6) is 0 Å². The van der Waals surface area contributed by atoms with Crippen molar-refractivity contribution in [1.82, 2.24) is 4.90 Å². The van der Waals surface area contributed by atoms with Crippen LogP contribution in [0.25, 0.3) is 0 Å². The monoisotopic (exact) mass is 238 g/mol. The molecule has 2 nitrogen and oxygen atoms in total. The van der Waals surface area contributed by atoms with E-state index in [1.807, 2.05) is 0 Å². The van der Waals surface area contributed by atoms with E-state index in [9.17, 15) is 0 Å². The van der Waals surface area contributed by atoms with E-state index in [4.69, 9.17) is 5.73 Å². The highest BCUT2D eigenvalue weighted by molar-refractivity contribution is 5.14. The minimum absolute atomic E-state index is 0.362. The number of rotatable bonds is 5. The van der Waals surface area contributed by atoms with E-state index in [1.165, 1.54) is 32.4 Å². The molecule has 0 aromatic rings. The van der Waals surface area contributed by atoms with E-state index in [0.29, 0.717) is 11.5 Å². The number of nitrogens with two attached hydrogens (primary N) is 1. The van der Waals surface area contributed by atoms with Gasteiger partial charge in [-0.15, -0.1) is 0 Å². The first-order valence-corrected chi connectivity index (χ1v) is 7.07. The van der Waals surface area contributed by atoms with Crippen LogP contribution in [0.15, 0.2) is 11.6 Å². The van der Waals surface area contributed by atoms with Gasteiger partial charge in [0.15, 0.2) is 0 Å². The van der Waals surface area contributed by atoms with Crippen molar-refractivity contribution in [3.8, 4) is 0 Å². The van der Waals surface area contributed by atoms with Gasteiger partial charge < -0.3 is 5.73 Å². The van der Waals surface area contributed by atoms with E-state index < -0.39 is 0 Å². The van der Waals surface area contributed by atoms with Crippen molar-refractivity contribution in [1.29, 1.82) is 0 Å². The summed E-state index contributed by atoms with van der Waals surface area (Å²) in [7, 11) is 0. The molecule has 2 heteroatoms. The van der Waals surface area contributed by atoms with Crippen LogP contribution >= 0.6 is 0 Å². The molecule has 0 radical (unpaired) electrons. The van der Waals surface area contributed by atoms with Crippen molar-refractivity contribution in [2.24, 2.45) is 11.1 Å². The molecule has 0 amide bonds. The van der Waals surface area contributed by atoms with Gasteiger partial charge in [-0.05, 0) is 38.1 Å². The van der Waals surface area contributed by atoms with Crippen molar-refractivity contribution in [3.63, 3.8) is 0 Å². The van der Waals surface area contributed by atoms with Crippen LogP contribution in [0, 0.1) is 5.41 Å². The highest BCUT2D eigenvalue weighted by atomic mass is 15.1. The van der Waals surface area contributed by atoms with Gasteiger partial charge in [0.25, 0.3) is 0 Å². The molecule has 0 fully saturated rings. The van der Waals surface area contributed by atoms with Gasteiger partial charge in [-0.1, -0.05) is 38.8 Å². The normalized spacial score (nSPS) is 20.2. The Labute approximate surface area is 107 Å². The summed E-state index contributed by atoms with van der Waals surface area (Å²) in [5.74, 6) is 0. The predicted molar refractivity (Wildman–Crippen MR) is 76.1 cm³/mol. The lowest BCUT2D eigenvalue weighted by molar-refractivity contribution is 0.272. The minimum atomic E-state index is 0.362. The molecular formula is C15H30N2. The lowest BCUT2D eigenvalue weighted by Gasteiger charge is -2.32. The number of unbranched alkanes of at least 4 members (excludes halogenated alkanes) is 1. The highest BCUT2D eigenvalue weighted by Crippen LogP contribution is 2.30. The summed E-state index contributed by atoms with van der Waals surface area (Å²) < 4.78 is 0. The van der Waals surface area contributed by atoms with E-state index in [0.717, 1.165) is 13.0 Å². The van der Waals surface area contributed by atoms with Crippen LogP contribution in [-0.2, 0) is 0 Å². The van der Waals surface area contributed by atoms with Gasteiger partial charge in [-0.2, -0.15) is 0 Å². The first-order valence-electron chi connectivity index (χ1n) is 7.07. The molecule has 0 spiro atoms. The molecule has 100 valence electrons. The molecule has 1 atom stereocenters. The average Bonchev–Trinajstić information content (AvgIpc) is 2.23. The largest absolute Gasteiger partial charge is 0.328 e. The SMILES string of the molecule is CC(N)CCCCN1CC=C(C(C)(C)C)CC1. The summed E-state index contributed by atoms with van der Waals surface area (Å²) in [6.45, 7) is 12.7. The summed E-state index contributed by atoms with van der Waals surface area (Å²) in [6.07, 6.45) is 7.41. The van der Waals surface area contributed by atoms with Gasteiger partial charge in [0.05, 0.1) is 0 Å². The predicted octanol–water partition coefficient (Wildman–Crippen LogP) is 3.18. The molecule has 0 saturated carbocycles. The summed E-state index contributed by atoms with van der Waals surface area (Å²) >= 11 is 0. The molecule has 1 heterocycles. The van der Waals surface area contributed by atoms with Gasteiger partial charge in [0.1, 0.15) is 0 Å². The van der Waals surface area contributed by atoms with E-state index in [2.05, 4.69) is 38.7 Å². The van der Waals surface area contributed by atoms with Crippen LogP contribution in [-0.4, -0.2) is 30.6 Å². The van der Waals surface area contributed by atoms with Crippen molar-refractivity contribution >= 4 is 0 Å². The zero-order valence-electron chi connectivity index (χ0n) is 12.1. The fourth-order valence-corrected chi connectivity index (χ4v) is 2.40. The van der Waals surface area contributed by atoms with E-state index in [1.54, 1.807) is 5.57 Å². The second-order valence-electron chi connectivity index (χ2n) is 6.50. The number of nitrogens with zero attached hydrogens (tertiary/aromatic N) is 1. The summed E-state index contributed by atoms with van der Waals surface area (Å²) in [5, 5.41) is 0. The molecule has 1 aliphatic rings. The Morgan fingerprint density at radius 1 is 1.35 bits per heavy atom. The van der Waals surface area contributed by atoms with Gasteiger partial charge in [-0.25, -0.2) is 0 Å². The standard InChI is InChI=1S/C15H30N2/c1-13(16)7-5-6-10-17-11-8-14(9-12-17)15(2,3)4/h8,13H,5-7,9-12,16H2,1-4H3. The maximum atomic E-state index is 5.75. The topological polar surface area (TPSA) is 29.3 Å². The quantitative estimate of drug-likeness (QED) is 0.589. The molecule has 0 aliphatic carbocycles. The maximum Gasteiger partial charge on any atom is 0.0166 e. The number of hydrogen-bond donors (Lipinski definition) is 1. The van der Waals surface area contributed by atoms with Crippen LogP contribution in [0.4, 0.5) is 0 Å². The third kappa shape index (κ3) is 5.69. The Bertz CT molecular complexity index is 248. The zero-order valence-corrected chi connectivity index (χ0v) is 12.1. The Morgan fingerprint density at radius 2 is 2.06 bits per heavy atom.